The third kappa shape index (κ3) is 4.30. The second kappa shape index (κ2) is 7.38. The SMILES string of the molecule is CC(C)CN(CCC#N)C(=O)C1NCCCC1C. The highest BCUT2D eigenvalue weighted by molar-refractivity contribution is 5.82. The van der Waals surface area contributed by atoms with Gasteiger partial charge in [0, 0.05) is 13.1 Å². The molecule has 0 aromatic rings. The Balaban J connectivity index is 2.64. The second-order valence-electron chi connectivity index (χ2n) is 5.64. The van der Waals surface area contributed by atoms with Crippen LogP contribution in [0.2, 0.25) is 0 Å². The van der Waals surface area contributed by atoms with Gasteiger partial charge >= 0.3 is 0 Å². The van der Waals surface area contributed by atoms with Crippen molar-refractivity contribution in [1.82, 2.24) is 10.2 Å². The first-order valence-electron chi connectivity index (χ1n) is 6.95. The van der Waals surface area contributed by atoms with Gasteiger partial charge in [0.15, 0.2) is 0 Å². The normalized spacial score (nSPS) is 23.7. The van der Waals surface area contributed by atoms with E-state index in [0.717, 1.165) is 25.9 Å². The van der Waals surface area contributed by atoms with Gasteiger partial charge in [-0.1, -0.05) is 20.8 Å². The first-order chi connectivity index (χ1) is 8.56. The van der Waals surface area contributed by atoms with Crippen LogP contribution >= 0.6 is 0 Å². The minimum Gasteiger partial charge on any atom is -0.340 e. The van der Waals surface area contributed by atoms with Gasteiger partial charge in [0.1, 0.15) is 0 Å². The molecular weight excluding hydrogens is 226 g/mol. The van der Waals surface area contributed by atoms with Crippen LogP contribution in [0.15, 0.2) is 0 Å². The van der Waals surface area contributed by atoms with Crippen molar-refractivity contribution < 1.29 is 4.79 Å². The van der Waals surface area contributed by atoms with E-state index in [1.54, 1.807) is 0 Å². The molecule has 1 heterocycles. The number of carbonyl (C=O) groups excluding carboxylic acids is 1. The number of nitrogens with one attached hydrogen (secondary N) is 1. The first-order valence-corrected chi connectivity index (χ1v) is 6.95. The van der Waals surface area contributed by atoms with E-state index in [2.05, 4.69) is 32.2 Å². The van der Waals surface area contributed by atoms with Crippen LogP contribution in [0, 0.1) is 23.2 Å². The van der Waals surface area contributed by atoms with Crippen molar-refractivity contribution in [2.24, 2.45) is 11.8 Å². The molecule has 0 radical (unpaired) electrons. The highest BCUT2D eigenvalue weighted by atomic mass is 16.2. The molecule has 0 bridgehead atoms. The van der Waals surface area contributed by atoms with Gasteiger partial charge in [-0.3, -0.25) is 4.79 Å². The minimum absolute atomic E-state index is 0.0591. The maximum absolute atomic E-state index is 12.5. The van der Waals surface area contributed by atoms with Crippen molar-refractivity contribution in [3.05, 3.63) is 0 Å². The van der Waals surface area contributed by atoms with Crippen LogP contribution < -0.4 is 5.32 Å². The highest BCUT2D eigenvalue weighted by Gasteiger charge is 2.30. The topological polar surface area (TPSA) is 56.1 Å². The zero-order valence-corrected chi connectivity index (χ0v) is 11.8. The molecule has 2 atom stereocenters. The second-order valence-corrected chi connectivity index (χ2v) is 5.64. The van der Waals surface area contributed by atoms with Gasteiger partial charge < -0.3 is 10.2 Å². The van der Waals surface area contributed by atoms with Gasteiger partial charge in [0.25, 0.3) is 0 Å². The van der Waals surface area contributed by atoms with E-state index < -0.39 is 0 Å². The van der Waals surface area contributed by atoms with Crippen molar-refractivity contribution in [3.63, 3.8) is 0 Å². The van der Waals surface area contributed by atoms with Crippen LogP contribution in [0.25, 0.3) is 0 Å². The zero-order valence-electron chi connectivity index (χ0n) is 11.8. The lowest BCUT2D eigenvalue weighted by molar-refractivity contribution is -0.135. The monoisotopic (exact) mass is 251 g/mol. The molecule has 102 valence electrons. The molecule has 18 heavy (non-hydrogen) atoms. The summed E-state index contributed by atoms with van der Waals surface area (Å²) in [5.74, 6) is 1.00. The summed E-state index contributed by atoms with van der Waals surface area (Å²) >= 11 is 0. The highest BCUT2D eigenvalue weighted by Crippen LogP contribution is 2.18. The Labute approximate surface area is 110 Å². The van der Waals surface area contributed by atoms with E-state index in [9.17, 15) is 4.79 Å². The minimum atomic E-state index is -0.0591. The Morgan fingerprint density at radius 1 is 1.56 bits per heavy atom. The summed E-state index contributed by atoms with van der Waals surface area (Å²) in [6.07, 6.45) is 2.67. The number of piperidine rings is 1. The van der Waals surface area contributed by atoms with Crippen molar-refractivity contribution >= 4 is 5.91 Å². The van der Waals surface area contributed by atoms with Gasteiger partial charge in [0.05, 0.1) is 18.5 Å². The van der Waals surface area contributed by atoms with Crippen LogP contribution in [0.4, 0.5) is 0 Å². The summed E-state index contributed by atoms with van der Waals surface area (Å²) in [4.78, 5) is 14.4. The third-order valence-corrected chi connectivity index (χ3v) is 3.43. The molecule has 4 nitrogen and oxygen atoms in total. The fourth-order valence-corrected chi connectivity index (χ4v) is 2.49. The predicted molar refractivity (Wildman–Crippen MR) is 71.8 cm³/mol. The molecular formula is C14H25N3O. The predicted octanol–water partition coefficient (Wildman–Crippen LogP) is 1.77. The standard InChI is InChI=1S/C14H25N3O/c1-11(2)10-17(9-5-7-15)14(18)13-12(3)6-4-8-16-13/h11-13,16H,4-6,8-10H2,1-3H3. The first kappa shape index (κ1) is 15.0. The third-order valence-electron chi connectivity index (χ3n) is 3.43. The fourth-order valence-electron chi connectivity index (χ4n) is 2.49. The van der Waals surface area contributed by atoms with E-state index in [-0.39, 0.29) is 11.9 Å². The molecule has 1 fully saturated rings. The Morgan fingerprint density at radius 3 is 2.83 bits per heavy atom. The van der Waals surface area contributed by atoms with Crippen molar-refractivity contribution in [3.8, 4) is 6.07 Å². The Bertz CT molecular complexity index is 309. The van der Waals surface area contributed by atoms with Crippen molar-refractivity contribution in [1.29, 1.82) is 5.26 Å². The number of nitrogens with zero attached hydrogens (tertiary/aromatic N) is 2. The molecule has 1 amide bonds. The maximum atomic E-state index is 12.5. The summed E-state index contributed by atoms with van der Waals surface area (Å²) in [5, 5.41) is 12.0. The van der Waals surface area contributed by atoms with Gasteiger partial charge in [-0.25, -0.2) is 0 Å². The molecule has 1 saturated heterocycles. The van der Waals surface area contributed by atoms with Crippen LogP contribution in [0.1, 0.15) is 40.0 Å². The Kier molecular flexibility index (Phi) is 6.14. The molecule has 0 spiro atoms. The quantitative estimate of drug-likeness (QED) is 0.810. The molecule has 1 aliphatic heterocycles. The Hall–Kier alpha value is -1.08. The van der Waals surface area contributed by atoms with E-state index in [1.165, 1.54) is 0 Å². The molecule has 0 aromatic heterocycles. The zero-order chi connectivity index (χ0) is 13.5. The maximum Gasteiger partial charge on any atom is 0.240 e. The average Bonchev–Trinajstić information content (AvgIpc) is 2.34. The van der Waals surface area contributed by atoms with Crippen LogP contribution in [-0.4, -0.2) is 36.5 Å². The molecule has 1 N–H and O–H groups in total. The van der Waals surface area contributed by atoms with Crippen LogP contribution in [0.5, 0.6) is 0 Å². The van der Waals surface area contributed by atoms with Gasteiger partial charge in [-0.05, 0) is 31.2 Å². The molecule has 4 heteroatoms. The van der Waals surface area contributed by atoms with Gasteiger partial charge in [-0.2, -0.15) is 5.26 Å². The number of carbonyl (C=O) groups is 1. The lowest BCUT2D eigenvalue weighted by Gasteiger charge is -2.34. The fraction of sp³-hybridized carbons (Fsp3) is 0.857. The molecule has 0 saturated carbocycles. The van der Waals surface area contributed by atoms with E-state index in [4.69, 9.17) is 5.26 Å². The molecule has 1 rings (SSSR count). The number of hydrogen-bond acceptors (Lipinski definition) is 3. The average molecular weight is 251 g/mol. The summed E-state index contributed by atoms with van der Waals surface area (Å²) in [6, 6.07) is 2.07. The van der Waals surface area contributed by atoms with Crippen LogP contribution in [-0.2, 0) is 4.79 Å². The van der Waals surface area contributed by atoms with E-state index >= 15 is 0 Å². The summed E-state index contributed by atoms with van der Waals surface area (Å²) in [5.41, 5.74) is 0. The number of hydrogen-bond donors (Lipinski definition) is 1. The smallest absolute Gasteiger partial charge is 0.240 e. The van der Waals surface area contributed by atoms with Gasteiger partial charge in [0.2, 0.25) is 5.91 Å². The summed E-state index contributed by atoms with van der Waals surface area (Å²) in [6.45, 7) is 8.56. The number of amides is 1. The van der Waals surface area contributed by atoms with E-state index in [0.29, 0.717) is 24.8 Å². The summed E-state index contributed by atoms with van der Waals surface area (Å²) < 4.78 is 0. The van der Waals surface area contributed by atoms with Crippen molar-refractivity contribution in [2.75, 3.05) is 19.6 Å². The van der Waals surface area contributed by atoms with Gasteiger partial charge in [-0.15, -0.1) is 0 Å². The number of rotatable bonds is 5. The number of nitriles is 1. The molecule has 1 aliphatic rings. The van der Waals surface area contributed by atoms with E-state index in [1.807, 2.05) is 4.90 Å². The molecule has 0 aromatic carbocycles. The van der Waals surface area contributed by atoms with Crippen LogP contribution in [0.3, 0.4) is 0 Å². The lowest BCUT2D eigenvalue weighted by Crippen LogP contribution is -2.53. The largest absolute Gasteiger partial charge is 0.340 e. The molecule has 0 aliphatic carbocycles. The van der Waals surface area contributed by atoms with Crippen molar-refractivity contribution in [2.45, 2.75) is 46.1 Å². The lowest BCUT2D eigenvalue weighted by atomic mass is 9.91. The summed E-state index contributed by atoms with van der Waals surface area (Å²) in [7, 11) is 0. The Morgan fingerprint density at radius 2 is 2.28 bits per heavy atom. The molecule has 2 unspecified atom stereocenters.